The Morgan fingerprint density at radius 2 is 2.18 bits per heavy atom. The number of hydrogen-bond acceptors (Lipinski definition) is 4. The first-order chi connectivity index (χ1) is 8.09. The van der Waals surface area contributed by atoms with Gasteiger partial charge in [0.2, 0.25) is 0 Å². The molecule has 0 aliphatic heterocycles. The Morgan fingerprint density at radius 3 is 2.82 bits per heavy atom. The number of nitrogen functional groups attached to an aromatic ring is 1. The first kappa shape index (κ1) is 11.1. The molecule has 0 saturated carbocycles. The summed E-state index contributed by atoms with van der Waals surface area (Å²) in [5, 5.41) is 0. The van der Waals surface area contributed by atoms with Gasteiger partial charge in [0.25, 0.3) is 5.56 Å². The van der Waals surface area contributed by atoms with E-state index in [1.807, 2.05) is 0 Å². The van der Waals surface area contributed by atoms with Gasteiger partial charge in [0.1, 0.15) is 5.69 Å². The van der Waals surface area contributed by atoms with Crippen molar-refractivity contribution in [3.63, 3.8) is 0 Å². The van der Waals surface area contributed by atoms with Gasteiger partial charge in [-0.15, -0.1) is 0 Å². The van der Waals surface area contributed by atoms with Crippen LogP contribution in [0, 0.1) is 0 Å². The Balaban J connectivity index is 2.54. The normalized spacial score (nSPS) is 10.4. The fraction of sp³-hybridized carbons (Fsp3) is 0.182. The van der Waals surface area contributed by atoms with E-state index in [0.29, 0.717) is 0 Å². The summed E-state index contributed by atoms with van der Waals surface area (Å²) in [6.07, 6.45) is 4.56. The van der Waals surface area contributed by atoms with Crippen molar-refractivity contribution in [2.24, 2.45) is 7.05 Å². The van der Waals surface area contributed by atoms with Crippen LogP contribution in [-0.2, 0) is 13.6 Å². The van der Waals surface area contributed by atoms with Crippen LogP contribution >= 0.6 is 0 Å². The van der Waals surface area contributed by atoms with Crippen molar-refractivity contribution >= 4 is 5.69 Å². The predicted molar refractivity (Wildman–Crippen MR) is 63.7 cm³/mol. The topological polar surface area (TPSA) is 82.9 Å². The molecule has 0 aliphatic carbocycles. The highest BCUT2D eigenvalue weighted by Crippen LogP contribution is 1.97. The van der Waals surface area contributed by atoms with Gasteiger partial charge in [-0.1, -0.05) is 6.07 Å². The summed E-state index contributed by atoms with van der Waals surface area (Å²) >= 11 is 0. The van der Waals surface area contributed by atoms with Gasteiger partial charge in [-0.2, -0.15) is 0 Å². The molecule has 2 N–H and O–H groups in total. The summed E-state index contributed by atoms with van der Waals surface area (Å²) in [4.78, 5) is 27.5. The van der Waals surface area contributed by atoms with E-state index in [2.05, 4.69) is 4.98 Å². The van der Waals surface area contributed by atoms with E-state index in [1.165, 1.54) is 10.8 Å². The number of anilines is 1. The third-order valence-electron chi connectivity index (χ3n) is 2.42. The molecule has 17 heavy (non-hydrogen) atoms. The fourth-order valence-electron chi connectivity index (χ4n) is 1.57. The Hall–Kier alpha value is -2.37. The summed E-state index contributed by atoms with van der Waals surface area (Å²) in [6, 6.07) is 3.54. The summed E-state index contributed by atoms with van der Waals surface area (Å²) in [5.74, 6) is 0. The third-order valence-corrected chi connectivity index (χ3v) is 2.42. The van der Waals surface area contributed by atoms with Gasteiger partial charge in [0.15, 0.2) is 0 Å². The van der Waals surface area contributed by atoms with Crippen LogP contribution in [0.3, 0.4) is 0 Å². The molecule has 2 aromatic heterocycles. The molecule has 6 nitrogen and oxygen atoms in total. The van der Waals surface area contributed by atoms with Gasteiger partial charge >= 0.3 is 5.69 Å². The van der Waals surface area contributed by atoms with Crippen molar-refractivity contribution in [2.45, 2.75) is 6.54 Å². The van der Waals surface area contributed by atoms with E-state index in [4.69, 9.17) is 5.73 Å². The number of rotatable bonds is 2. The van der Waals surface area contributed by atoms with Gasteiger partial charge in [0.05, 0.1) is 6.54 Å². The van der Waals surface area contributed by atoms with Crippen LogP contribution in [0.15, 0.2) is 40.3 Å². The monoisotopic (exact) mass is 232 g/mol. The van der Waals surface area contributed by atoms with Gasteiger partial charge in [-0.05, 0) is 11.6 Å². The summed E-state index contributed by atoms with van der Waals surface area (Å²) in [7, 11) is 1.55. The zero-order chi connectivity index (χ0) is 12.4. The van der Waals surface area contributed by atoms with Crippen molar-refractivity contribution in [1.82, 2.24) is 14.1 Å². The molecule has 2 rings (SSSR count). The Morgan fingerprint density at radius 1 is 1.41 bits per heavy atom. The SMILES string of the molecule is Cn1cc(N)c(=O)n(Cc2cccnc2)c1=O. The van der Waals surface area contributed by atoms with Crippen LogP contribution in [0.25, 0.3) is 0 Å². The molecule has 0 saturated heterocycles. The van der Waals surface area contributed by atoms with Crippen LogP contribution < -0.4 is 17.0 Å². The molecule has 0 fully saturated rings. The van der Waals surface area contributed by atoms with E-state index in [1.54, 1.807) is 31.6 Å². The van der Waals surface area contributed by atoms with E-state index in [-0.39, 0.29) is 12.2 Å². The number of hydrogen-bond donors (Lipinski definition) is 1. The second-order valence-electron chi connectivity index (χ2n) is 3.73. The van der Waals surface area contributed by atoms with Gasteiger partial charge in [-0.3, -0.25) is 14.3 Å². The highest BCUT2D eigenvalue weighted by Gasteiger charge is 2.07. The second-order valence-corrected chi connectivity index (χ2v) is 3.73. The minimum atomic E-state index is -0.475. The molecule has 0 amide bonds. The van der Waals surface area contributed by atoms with Crippen molar-refractivity contribution in [3.8, 4) is 0 Å². The van der Waals surface area contributed by atoms with E-state index >= 15 is 0 Å². The molecule has 2 heterocycles. The average molecular weight is 232 g/mol. The largest absolute Gasteiger partial charge is 0.393 e. The standard InChI is InChI=1S/C11H12N4O2/c1-14-7-9(12)10(16)15(11(14)17)6-8-3-2-4-13-5-8/h2-5,7H,6,12H2,1H3. The molecule has 0 aromatic carbocycles. The number of pyridine rings is 1. The van der Waals surface area contributed by atoms with Crippen molar-refractivity contribution in [1.29, 1.82) is 0 Å². The molecule has 0 spiro atoms. The fourth-order valence-corrected chi connectivity index (χ4v) is 1.57. The Labute approximate surface area is 97.0 Å². The molecule has 88 valence electrons. The minimum absolute atomic E-state index is 0.0518. The van der Waals surface area contributed by atoms with Crippen LogP contribution in [-0.4, -0.2) is 14.1 Å². The number of nitrogens with two attached hydrogens (primary N) is 1. The molecule has 0 aliphatic rings. The molecular formula is C11H12N4O2. The quantitative estimate of drug-likeness (QED) is 0.761. The zero-order valence-corrected chi connectivity index (χ0v) is 9.33. The first-order valence-corrected chi connectivity index (χ1v) is 5.04. The van der Waals surface area contributed by atoms with E-state index < -0.39 is 11.2 Å². The number of nitrogens with zero attached hydrogens (tertiary/aromatic N) is 3. The highest BCUT2D eigenvalue weighted by atomic mass is 16.2. The van der Waals surface area contributed by atoms with Crippen molar-refractivity contribution in [2.75, 3.05) is 5.73 Å². The van der Waals surface area contributed by atoms with Crippen LogP contribution in [0.4, 0.5) is 5.69 Å². The lowest BCUT2D eigenvalue weighted by molar-refractivity contribution is 0.642. The van der Waals surface area contributed by atoms with Crippen LogP contribution in [0.1, 0.15) is 5.56 Å². The third kappa shape index (κ3) is 2.10. The van der Waals surface area contributed by atoms with E-state index in [9.17, 15) is 9.59 Å². The lowest BCUT2D eigenvalue weighted by Gasteiger charge is -2.07. The molecule has 0 atom stereocenters. The Kier molecular flexibility index (Phi) is 2.78. The van der Waals surface area contributed by atoms with Crippen LogP contribution in [0.5, 0.6) is 0 Å². The molecule has 0 radical (unpaired) electrons. The molecular weight excluding hydrogens is 220 g/mol. The average Bonchev–Trinajstić information content (AvgIpc) is 2.33. The van der Waals surface area contributed by atoms with Gasteiger partial charge < -0.3 is 10.3 Å². The van der Waals surface area contributed by atoms with Crippen molar-refractivity contribution < 1.29 is 0 Å². The lowest BCUT2D eigenvalue weighted by atomic mass is 10.3. The molecule has 0 bridgehead atoms. The predicted octanol–water partition coefficient (Wildman–Crippen LogP) is -0.428. The maximum absolute atomic E-state index is 11.8. The van der Waals surface area contributed by atoms with E-state index in [0.717, 1.165) is 10.1 Å². The summed E-state index contributed by atoms with van der Waals surface area (Å²) in [5.41, 5.74) is 5.49. The first-order valence-electron chi connectivity index (χ1n) is 5.04. The number of aromatic nitrogens is 3. The maximum Gasteiger partial charge on any atom is 0.331 e. The molecule has 2 aromatic rings. The maximum atomic E-state index is 11.8. The highest BCUT2D eigenvalue weighted by molar-refractivity contribution is 5.31. The Bertz CT molecular complexity index is 609. The minimum Gasteiger partial charge on any atom is -0.393 e. The van der Waals surface area contributed by atoms with Gasteiger partial charge in [0, 0.05) is 25.6 Å². The zero-order valence-electron chi connectivity index (χ0n) is 9.33. The second kappa shape index (κ2) is 4.25. The molecule has 6 heteroatoms. The number of aryl methyl sites for hydroxylation is 1. The summed E-state index contributed by atoms with van der Waals surface area (Å²) in [6.45, 7) is 0.171. The smallest absolute Gasteiger partial charge is 0.331 e. The molecule has 0 unspecified atom stereocenters. The van der Waals surface area contributed by atoms with Crippen molar-refractivity contribution in [3.05, 3.63) is 57.1 Å². The summed E-state index contributed by atoms with van der Waals surface area (Å²) < 4.78 is 2.37. The van der Waals surface area contributed by atoms with Gasteiger partial charge in [-0.25, -0.2) is 4.79 Å². The lowest BCUT2D eigenvalue weighted by Crippen LogP contribution is -2.39. The van der Waals surface area contributed by atoms with Crippen LogP contribution in [0.2, 0.25) is 0 Å².